The summed E-state index contributed by atoms with van der Waals surface area (Å²) in [6.07, 6.45) is 8.45. The van der Waals surface area contributed by atoms with Gasteiger partial charge in [-0.05, 0) is 43.7 Å². The Morgan fingerprint density at radius 1 is 1.12 bits per heavy atom. The monoisotopic (exact) mass is 332 g/mol. The van der Waals surface area contributed by atoms with Crippen molar-refractivity contribution >= 4 is 0 Å². The van der Waals surface area contributed by atoms with E-state index in [1.54, 1.807) is 6.33 Å². The van der Waals surface area contributed by atoms with Gasteiger partial charge in [0.15, 0.2) is 5.82 Å². The van der Waals surface area contributed by atoms with Gasteiger partial charge >= 0.3 is 0 Å². The lowest BCUT2D eigenvalue weighted by Gasteiger charge is -2.19. The molecule has 25 heavy (non-hydrogen) atoms. The minimum absolute atomic E-state index is 0.0252. The van der Waals surface area contributed by atoms with Crippen molar-refractivity contribution in [2.75, 3.05) is 0 Å². The first kappa shape index (κ1) is 15.4. The zero-order valence-corrected chi connectivity index (χ0v) is 14.3. The van der Waals surface area contributed by atoms with Crippen LogP contribution in [0.4, 0.5) is 0 Å². The Hall–Kier alpha value is -3.15. The summed E-state index contributed by atoms with van der Waals surface area (Å²) in [7, 11) is 0. The SMILES string of the molecule is Cc1cccc(-n2nc(C)nc2[C@@H](Cc2cnc[nH]2)n2cccc2)c1. The topological polar surface area (TPSA) is 64.3 Å². The van der Waals surface area contributed by atoms with Crippen molar-refractivity contribution in [1.29, 1.82) is 0 Å². The largest absolute Gasteiger partial charge is 0.348 e. The Labute approximate surface area is 146 Å². The highest BCUT2D eigenvalue weighted by Gasteiger charge is 2.22. The molecule has 0 aliphatic rings. The second-order valence-corrected chi connectivity index (χ2v) is 6.20. The molecule has 1 aromatic carbocycles. The predicted molar refractivity (Wildman–Crippen MR) is 95.7 cm³/mol. The van der Waals surface area contributed by atoms with E-state index in [9.17, 15) is 0 Å². The van der Waals surface area contributed by atoms with Gasteiger partial charge in [-0.1, -0.05) is 12.1 Å². The Morgan fingerprint density at radius 2 is 1.96 bits per heavy atom. The highest BCUT2D eigenvalue weighted by molar-refractivity contribution is 5.36. The number of nitrogens with zero attached hydrogens (tertiary/aromatic N) is 5. The number of benzene rings is 1. The molecular weight excluding hydrogens is 312 g/mol. The molecule has 0 amide bonds. The molecule has 3 aromatic heterocycles. The Bertz CT molecular complexity index is 950. The van der Waals surface area contributed by atoms with Crippen molar-refractivity contribution < 1.29 is 0 Å². The van der Waals surface area contributed by atoms with Crippen LogP contribution in [0.15, 0.2) is 61.3 Å². The van der Waals surface area contributed by atoms with Crippen LogP contribution in [-0.2, 0) is 6.42 Å². The van der Waals surface area contributed by atoms with Crippen LogP contribution in [0.2, 0.25) is 0 Å². The number of rotatable bonds is 5. The smallest absolute Gasteiger partial charge is 0.155 e. The summed E-state index contributed by atoms with van der Waals surface area (Å²) in [6.45, 7) is 4.01. The number of imidazole rings is 1. The lowest BCUT2D eigenvalue weighted by molar-refractivity contribution is 0.530. The number of nitrogens with one attached hydrogen (secondary N) is 1. The fourth-order valence-electron chi connectivity index (χ4n) is 3.09. The normalized spacial score (nSPS) is 12.4. The average Bonchev–Trinajstić information content (AvgIpc) is 3.34. The highest BCUT2D eigenvalue weighted by atomic mass is 15.4. The molecule has 0 radical (unpaired) electrons. The summed E-state index contributed by atoms with van der Waals surface area (Å²) < 4.78 is 4.11. The summed E-state index contributed by atoms with van der Waals surface area (Å²) in [6, 6.07) is 12.4. The fourth-order valence-corrected chi connectivity index (χ4v) is 3.09. The third-order valence-corrected chi connectivity index (χ3v) is 4.24. The lowest BCUT2D eigenvalue weighted by atomic mass is 10.1. The van der Waals surface area contributed by atoms with Gasteiger partial charge in [0.1, 0.15) is 5.82 Å². The van der Waals surface area contributed by atoms with Crippen LogP contribution in [-0.4, -0.2) is 29.3 Å². The zero-order valence-electron chi connectivity index (χ0n) is 14.3. The van der Waals surface area contributed by atoms with Crippen molar-refractivity contribution in [2.45, 2.75) is 26.3 Å². The minimum atomic E-state index is 0.0252. The molecule has 6 nitrogen and oxygen atoms in total. The highest BCUT2D eigenvalue weighted by Crippen LogP contribution is 2.24. The first-order valence-corrected chi connectivity index (χ1v) is 8.31. The number of H-pyrrole nitrogens is 1. The fraction of sp³-hybridized carbons (Fsp3) is 0.211. The van der Waals surface area contributed by atoms with E-state index in [-0.39, 0.29) is 6.04 Å². The molecule has 0 aliphatic carbocycles. The zero-order chi connectivity index (χ0) is 17.2. The number of hydrogen-bond acceptors (Lipinski definition) is 3. The molecule has 0 unspecified atom stereocenters. The number of hydrogen-bond donors (Lipinski definition) is 1. The average molecular weight is 332 g/mol. The van der Waals surface area contributed by atoms with E-state index in [0.717, 1.165) is 29.5 Å². The van der Waals surface area contributed by atoms with Gasteiger partial charge < -0.3 is 9.55 Å². The molecule has 0 spiro atoms. The van der Waals surface area contributed by atoms with E-state index in [4.69, 9.17) is 4.98 Å². The molecule has 126 valence electrons. The van der Waals surface area contributed by atoms with Crippen LogP contribution in [0.5, 0.6) is 0 Å². The molecule has 1 N–H and O–H groups in total. The Kier molecular flexibility index (Phi) is 3.93. The maximum Gasteiger partial charge on any atom is 0.155 e. The summed E-state index contributed by atoms with van der Waals surface area (Å²) in [5, 5.41) is 4.65. The Balaban J connectivity index is 1.82. The number of aromatic nitrogens is 6. The first-order valence-electron chi connectivity index (χ1n) is 8.31. The van der Waals surface area contributed by atoms with E-state index in [0.29, 0.717) is 0 Å². The third kappa shape index (κ3) is 3.10. The molecule has 4 rings (SSSR count). The van der Waals surface area contributed by atoms with Gasteiger partial charge in [-0.15, -0.1) is 0 Å². The molecule has 6 heteroatoms. The van der Waals surface area contributed by atoms with Crippen molar-refractivity contribution in [3.8, 4) is 5.69 Å². The Morgan fingerprint density at radius 3 is 2.68 bits per heavy atom. The molecule has 4 aromatic rings. The molecular formula is C19H20N6. The second-order valence-electron chi connectivity index (χ2n) is 6.20. The second kappa shape index (κ2) is 6.39. The molecule has 0 saturated heterocycles. The van der Waals surface area contributed by atoms with Crippen molar-refractivity contribution in [3.63, 3.8) is 0 Å². The van der Waals surface area contributed by atoms with E-state index in [1.807, 2.05) is 36.0 Å². The maximum atomic E-state index is 4.75. The summed E-state index contributed by atoms with van der Waals surface area (Å²) >= 11 is 0. The van der Waals surface area contributed by atoms with Gasteiger partial charge in [0.05, 0.1) is 18.1 Å². The van der Waals surface area contributed by atoms with Crippen LogP contribution in [0, 0.1) is 13.8 Å². The summed E-state index contributed by atoms with van der Waals surface area (Å²) in [5.74, 6) is 1.67. The quantitative estimate of drug-likeness (QED) is 0.610. The van der Waals surface area contributed by atoms with Gasteiger partial charge in [-0.3, -0.25) is 0 Å². The van der Waals surface area contributed by atoms with Crippen LogP contribution >= 0.6 is 0 Å². The number of aromatic amines is 1. The van der Waals surface area contributed by atoms with Crippen molar-refractivity contribution in [1.82, 2.24) is 29.3 Å². The van der Waals surface area contributed by atoms with E-state index in [1.165, 1.54) is 5.56 Å². The van der Waals surface area contributed by atoms with Gasteiger partial charge in [0.25, 0.3) is 0 Å². The van der Waals surface area contributed by atoms with Gasteiger partial charge in [0.2, 0.25) is 0 Å². The summed E-state index contributed by atoms with van der Waals surface area (Å²) in [4.78, 5) is 12.1. The van der Waals surface area contributed by atoms with Crippen LogP contribution in [0.3, 0.4) is 0 Å². The summed E-state index contributed by atoms with van der Waals surface area (Å²) in [5.41, 5.74) is 3.29. The van der Waals surface area contributed by atoms with Crippen LogP contribution in [0.25, 0.3) is 5.69 Å². The molecule has 0 fully saturated rings. The first-order chi connectivity index (χ1) is 12.2. The van der Waals surface area contributed by atoms with Crippen molar-refractivity contribution in [2.24, 2.45) is 0 Å². The van der Waals surface area contributed by atoms with E-state index < -0.39 is 0 Å². The molecule has 0 saturated carbocycles. The molecule has 1 atom stereocenters. The minimum Gasteiger partial charge on any atom is -0.348 e. The predicted octanol–water partition coefficient (Wildman–Crippen LogP) is 3.24. The van der Waals surface area contributed by atoms with E-state index >= 15 is 0 Å². The molecule has 0 bridgehead atoms. The van der Waals surface area contributed by atoms with Gasteiger partial charge in [0, 0.05) is 30.7 Å². The van der Waals surface area contributed by atoms with Crippen molar-refractivity contribution in [3.05, 3.63) is 84.2 Å². The number of aryl methyl sites for hydroxylation is 2. The molecule has 3 heterocycles. The maximum absolute atomic E-state index is 4.75. The van der Waals surface area contributed by atoms with Gasteiger partial charge in [-0.2, -0.15) is 5.10 Å². The van der Waals surface area contributed by atoms with Crippen LogP contribution in [0.1, 0.15) is 28.9 Å². The third-order valence-electron chi connectivity index (χ3n) is 4.24. The lowest BCUT2D eigenvalue weighted by Crippen LogP contribution is -2.18. The standard InChI is InChI=1S/C19H20N6/c1-14-6-5-7-17(10-14)25-19(22-15(2)23-25)18(24-8-3-4-9-24)11-16-12-20-13-21-16/h3-10,12-13,18H,11H2,1-2H3,(H,20,21)/t18-/m1/s1. The van der Waals surface area contributed by atoms with E-state index in [2.05, 4.69) is 57.2 Å². The van der Waals surface area contributed by atoms with Gasteiger partial charge in [-0.25, -0.2) is 14.6 Å². The van der Waals surface area contributed by atoms with Crippen LogP contribution < -0.4 is 0 Å². The molecule has 0 aliphatic heterocycles.